The summed E-state index contributed by atoms with van der Waals surface area (Å²) in [5.74, 6) is -0.156. The number of amidine groups is 1. The lowest BCUT2D eigenvalue weighted by atomic mass is 10.2. The Bertz CT molecular complexity index is 668. The van der Waals surface area contributed by atoms with Crippen molar-refractivity contribution in [3.8, 4) is 0 Å². The highest BCUT2D eigenvalue weighted by Gasteiger charge is 2.30. The highest BCUT2D eigenvalue weighted by atomic mass is 32.2. The molecular weight excluding hydrogens is 301 g/mol. The molecule has 110 valence electrons. The largest absolute Gasteiger partial charge is 0.417 e. The molecule has 0 saturated carbocycles. The highest BCUT2D eigenvalue weighted by molar-refractivity contribution is 7.99. The number of nitrogens with two attached hydrogens (primary N) is 1. The molecule has 0 unspecified atom stereocenters. The lowest BCUT2D eigenvalue weighted by molar-refractivity contribution is -0.137. The Kier molecular flexibility index (Phi) is 4.17. The van der Waals surface area contributed by atoms with E-state index >= 15 is 0 Å². The van der Waals surface area contributed by atoms with Gasteiger partial charge < -0.3 is 5.73 Å². The molecule has 0 aliphatic rings. The van der Waals surface area contributed by atoms with E-state index in [4.69, 9.17) is 11.1 Å². The van der Waals surface area contributed by atoms with Gasteiger partial charge >= 0.3 is 6.18 Å². The number of nitrogen functional groups attached to an aromatic ring is 1. The molecule has 0 radical (unpaired) electrons. The van der Waals surface area contributed by atoms with Crippen LogP contribution in [0.15, 0.2) is 40.5 Å². The van der Waals surface area contributed by atoms with E-state index < -0.39 is 11.7 Å². The SMILES string of the molecule is Cc1ccc(C(=N)N)c(Sc2ccc(C(F)(F)F)cn2)n1. The fourth-order valence-electron chi connectivity index (χ4n) is 1.52. The van der Waals surface area contributed by atoms with Crippen LogP contribution in [0.1, 0.15) is 16.8 Å². The maximum absolute atomic E-state index is 12.5. The normalized spacial score (nSPS) is 11.4. The van der Waals surface area contributed by atoms with Crippen LogP contribution in [-0.2, 0) is 6.18 Å². The molecule has 2 aromatic rings. The van der Waals surface area contributed by atoms with Gasteiger partial charge in [0.2, 0.25) is 0 Å². The minimum Gasteiger partial charge on any atom is -0.384 e. The first-order valence-corrected chi connectivity index (χ1v) is 6.62. The van der Waals surface area contributed by atoms with Gasteiger partial charge in [-0.15, -0.1) is 0 Å². The Labute approximate surface area is 123 Å². The van der Waals surface area contributed by atoms with E-state index in [9.17, 15) is 13.2 Å². The zero-order valence-electron chi connectivity index (χ0n) is 10.9. The van der Waals surface area contributed by atoms with E-state index in [1.165, 1.54) is 6.07 Å². The van der Waals surface area contributed by atoms with Crippen LogP contribution in [-0.4, -0.2) is 15.8 Å². The van der Waals surface area contributed by atoms with Crippen LogP contribution < -0.4 is 5.73 Å². The first kappa shape index (κ1) is 15.3. The molecular formula is C13H11F3N4S. The zero-order chi connectivity index (χ0) is 15.6. The molecule has 0 aliphatic heterocycles. The van der Waals surface area contributed by atoms with Gasteiger partial charge in [-0.05, 0) is 43.0 Å². The van der Waals surface area contributed by atoms with Crippen molar-refractivity contribution in [2.75, 3.05) is 0 Å². The minimum atomic E-state index is -4.41. The topological polar surface area (TPSA) is 75.7 Å². The Morgan fingerprint density at radius 2 is 1.95 bits per heavy atom. The molecule has 0 spiro atoms. The number of nitrogens with one attached hydrogen (secondary N) is 1. The van der Waals surface area contributed by atoms with Crippen molar-refractivity contribution in [3.05, 3.63) is 47.3 Å². The predicted molar refractivity (Wildman–Crippen MR) is 73.4 cm³/mol. The number of nitrogens with zero attached hydrogens (tertiary/aromatic N) is 2. The van der Waals surface area contributed by atoms with Crippen molar-refractivity contribution in [3.63, 3.8) is 0 Å². The van der Waals surface area contributed by atoms with Crippen molar-refractivity contribution in [2.45, 2.75) is 23.2 Å². The summed E-state index contributed by atoms with van der Waals surface area (Å²) in [6.07, 6.45) is -3.64. The van der Waals surface area contributed by atoms with Crippen molar-refractivity contribution in [1.29, 1.82) is 5.41 Å². The maximum atomic E-state index is 12.5. The number of pyridine rings is 2. The molecule has 0 amide bonds. The van der Waals surface area contributed by atoms with Gasteiger partial charge in [-0.25, -0.2) is 9.97 Å². The fraction of sp³-hybridized carbons (Fsp3) is 0.154. The molecule has 2 aromatic heterocycles. The molecule has 0 atom stereocenters. The lowest BCUT2D eigenvalue weighted by Gasteiger charge is -2.09. The van der Waals surface area contributed by atoms with Gasteiger partial charge in [-0.1, -0.05) is 0 Å². The predicted octanol–water partition coefficient (Wildman–Crippen LogP) is 3.24. The van der Waals surface area contributed by atoms with Gasteiger partial charge in [-0.3, -0.25) is 5.41 Å². The number of alkyl halides is 3. The second-order valence-corrected chi connectivity index (χ2v) is 5.21. The smallest absolute Gasteiger partial charge is 0.384 e. The third-order valence-electron chi connectivity index (χ3n) is 2.55. The molecule has 2 heterocycles. The van der Waals surface area contributed by atoms with E-state index in [1.807, 2.05) is 0 Å². The maximum Gasteiger partial charge on any atom is 0.417 e. The molecule has 3 N–H and O–H groups in total. The molecule has 0 aromatic carbocycles. The van der Waals surface area contributed by atoms with Crippen LogP contribution in [0.2, 0.25) is 0 Å². The number of hydrogen-bond acceptors (Lipinski definition) is 4. The van der Waals surface area contributed by atoms with Gasteiger partial charge in [0.15, 0.2) is 0 Å². The summed E-state index contributed by atoms with van der Waals surface area (Å²) in [6, 6.07) is 5.58. The molecule has 0 bridgehead atoms. The minimum absolute atomic E-state index is 0.156. The molecule has 2 rings (SSSR count). The molecule has 4 nitrogen and oxygen atoms in total. The average molecular weight is 312 g/mol. The second-order valence-electron chi connectivity index (χ2n) is 4.20. The quantitative estimate of drug-likeness (QED) is 0.674. The summed E-state index contributed by atoms with van der Waals surface area (Å²) in [5.41, 5.74) is 5.79. The van der Waals surface area contributed by atoms with Crippen LogP contribution in [0.4, 0.5) is 13.2 Å². The molecule has 0 saturated heterocycles. The Morgan fingerprint density at radius 1 is 1.24 bits per heavy atom. The van der Waals surface area contributed by atoms with E-state index in [-0.39, 0.29) is 5.84 Å². The van der Waals surface area contributed by atoms with Crippen LogP contribution in [0.3, 0.4) is 0 Å². The molecule has 8 heteroatoms. The Hall–Kier alpha value is -2.09. The van der Waals surface area contributed by atoms with Gasteiger partial charge in [0, 0.05) is 17.5 Å². The number of rotatable bonds is 3. The van der Waals surface area contributed by atoms with E-state index in [1.54, 1.807) is 19.1 Å². The van der Waals surface area contributed by atoms with E-state index in [0.717, 1.165) is 29.7 Å². The monoisotopic (exact) mass is 312 g/mol. The zero-order valence-corrected chi connectivity index (χ0v) is 11.7. The third kappa shape index (κ3) is 3.72. The Balaban J connectivity index is 2.30. The summed E-state index contributed by atoms with van der Waals surface area (Å²) < 4.78 is 37.4. The van der Waals surface area contributed by atoms with Gasteiger partial charge in [0.05, 0.1) is 5.56 Å². The standard InChI is InChI=1S/C13H11F3N4S/c1-7-2-4-9(11(17)18)12(20-7)21-10-5-3-8(6-19-10)13(14,15)16/h2-6H,1H3,(H3,17,18). The number of aryl methyl sites for hydroxylation is 1. The highest BCUT2D eigenvalue weighted by Crippen LogP contribution is 2.32. The van der Waals surface area contributed by atoms with E-state index in [0.29, 0.717) is 15.6 Å². The average Bonchev–Trinajstić information content (AvgIpc) is 2.38. The first-order chi connectivity index (χ1) is 9.77. The van der Waals surface area contributed by atoms with Gasteiger partial charge in [0.25, 0.3) is 0 Å². The van der Waals surface area contributed by atoms with Crippen molar-refractivity contribution < 1.29 is 13.2 Å². The molecule has 21 heavy (non-hydrogen) atoms. The summed E-state index contributed by atoms with van der Waals surface area (Å²) in [5, 5.41) is 8.27. The fourth-order valence-corrected chi connectivity index (χ4v) is 2.44. The summed E-state index contributed by atoms with van der Waals surface area (Å²) >= 11 is 1.07. The third-order valence-corrected chi connectivity index (χ3v) is 3.51. The summed E-state index contributed by atoms with van der Waals surface area (Å²) in [7, 11) is 0. The van der Waals surface area contributed by atoms with Crippen molar-refractivity contribution in [1.82, 2.24) is 9.97 Å². The second kappa shape index (κ2) is 5.72. The van der Waals surface area contributed by atoms with Crippen molar-refractivity contribution >= 4 is 17.6 Å². The van der Waals surface area contributed by atoms with Crippen LogP contribution >= 0.6 is 11.8 Å². The number of aromatic nitrogens is 2. The van der Waals surface area contributed by atoms with Gasteiger partial charge in [-0.2, -0.15) is 13.2 Å². The summed E-state index contributed by atoms with van der Waals surface area (Å²) in [6.45, 7) is 1.77. The van der Waals surface area contributed by atoms with E-state index in [2.05, 4.69) is 9.97 Å². The van der Waals surface area contributed by atoms with Crippen LogP contribution in [0.5, 0.6) is 0 Å². The van der Waals surface area contributed by atoms with Gasteiger partial charge in [0.1, 0.15) is 15.9 Å². The number of hydrogen-bond donors (Lipinski definition) is 2. The van der Waals surface area contributed by atoms with Crippen LogP contribution in [0.25, 0.3) is 0 Å². The Morgan fingerprint density at radius 3 is 2.48 bits per heavy atom. The number of halogens is 3. The van der Waals surface area contributed by atoms with Crippen LogP contribution in [0, 0.1) is 12.3 Å². The first-order valence-electron chi connectivity index (χ1n) is 5.80. The summed E-state index contributed by atoms with van der Waals surface area (Å²) in [4.78, 5) is 8.00. The molecule has 0 aliphatic carbocycles. The lowest BCUT2D eigenvalue weighted by Crippen LogP contribution is -2.13. The molecule has 0 fully saturated rings. The van der Waals surface area contributed by atoms with Crippen molar-refractivity contribution in [2.24, 2.45) is 5.73 Å².